The maximum Gasteiger partial charge on any atom is 0.242 e. The first-order valence-corrected chi connectivity index (χ1v) is 9.72. The van der Waals surface area contributed by atoms with Gasteiger partial charge in [0.25, 0.3) is 0 Å². The molecule has 0 saturated carbocycles. The standard InChI is InChI=1S/C22H22N2O4/c25-21(12-15-5-6-19-20(11-15)28-10-9-27-19)23-13-18-17-4-2-1-3-16(17)7-8-24(18)22(26)14-23/h1-6,11,18H,7-10,12-14H2. The number of ether oxygens (including phenoxy) is 2. The lowest BCUT2D eigenvalue weighted by Crippen LogP contribution is -2.55. The molecule has 0 spiro atoms. The number of benzene rings is 2. The monoisotopic (exact) mass is 378 g/mol. The van der Waals surface area contributed by atoms with Crippen LogP contribution in [0.25, 0.3) is 0 Å². The van der Waals surface area contributed by atoms with Crippen LogP contribution in [0.2, 0.25) is 0 Å². The Morgan fingerprint density at radius 2 is 1.89 bits per heavy atom. The van der Waals surface area contributed by atoms with Crippen LogP contribution in [0, 0.1) is 0 Å². The van der Waals surface area contributed by atoms with Gasteiger partial charge in [0.2, 0.25) is 11.8 Å². The van der Waals surface area contributed by atoms with Crippen molar-refractivity contribution in [3.8, 4) is 11.5 Å². The summed E-state index contributed by atoms with van der Waals surface area (Å²) in [6, 6.07) is 13.8. The Morgan fingerprint density at radius 1 is 1.07 bits per heavy atom. The van der Waals surface area contributed by atoms with Crippen LogP contribution in [-0.2, 0) is 22.4 Å². The molecule has 0 aromatic heterocycles. The van der Waals surface area contributed by atoms with Crippen LogP contribution in [0.5, 0.6) is 11.5 Å². The first kappa shape index (κ1) is 17.1. The fraction of sp³-hybridized carbons (Fsp3) is 0.364. The Bertz CT molecular complexity index is 942. The minimum absolute atomic E-state index is 0.0290. The molecule has 6 nitrogen and oxygen atoms in total. The van der Waals surface area contributed by atoms with Crippen molar-refractivity contribution in [1.82, 2.24) is 9.80 Å². The van der Waals surface area contributed by atoms with Crippen molar-refractivity contribution in [2.24, 2.45) is 0 Å². The van der Waals surface area contributed by atoms with E-state index in [1.54, 1.807) is 4.90 Å². The summed E-state index contributed by atoms with van der Waals surface area (Å²) in [6.07, 6.45) is 1.13. The Labute approximate surface area is 163 Å². The van der Waals surface area contributed by atoms with Crippen LogP contribution in [0.1, 0.15) is 22.7 Å². The van der Waals surface area contributed by atoms with E-state index in [4.69, 9.17) is 9.47 Å². The van der Waals surface area contributed by atoms with Crippen LogP contribution in [-0.4, -0.2) is 54.5 Å². The normalized spacial score (nSPS) is 20.4. The molecule has 3 aliphatic rings. The topological polar surface area (TPSA) is 59.1 Å². The fourth-order valence-electron chi connectivity index (χ4n) is 4.35. The molecule has 3 aliphatic heterocycles. The number of fused-ring (bicyclic) bond motifs is 4. The van der Waals surface area contributed by atoms with Crippen LogP contribution in [0.15, 0.2) is 42.5 Å². The van der Waals surface area contributed by atoms with E-state index >= 15 is 0 Å². The van der Waals surface area contributed by atoms with E-state index in [9.17, 15) is 9.59 Å². The van der Waals surface area contributed by atoms with E-state index in [-0.39, 0.29) is 30.8 Å². The highest BCUT2D eigenvalue weighted by molar-refractivity contribution is 5.87. The van der Waals surface area contributed by atoms with E-state index in [0.717, 1.165) is 18.5 Å². The quantitative estimate of drug-likeness (QED) is 0.802. The molecule has 144 valence electrons. The van der Waals surface area contributed by atoms with Crippen molar-refractivity contribution in [2.75, 3.05) is 32.8 Å². The van der Waals surface area contributed by atoms with Crippen molar-refractivity contribution < 1.29 is 19.1 Å². The summed E-state index contributed by atoms with van der Waals surface area (Å²) < 4.78 is 11.1. The number of hydrogen-bond donors (Lipinski definition) is 0. The molecule has 3 heterocycles. The second-order valence-corrected chi connectivity index (χ2v) is 7.48. The van der Waals surface area contributed by atoms with Crippen molar-refractivity contribution in [3.63, 3.8) is 0 Å². The van der Waals surface area contributed by atoms with Crippen LogP contribution in [0.3, 0.4) is 0 Å². The minimum Gasteiger partial charge on any atom is -0.486 e. The molecule has 5 rings (SSSR count). The molecule has 2 amide bonds. The van der Waals surface area contributed by atoms with Crippen molar-refractivity contribution in [3.05, 3.63) is 59.2 Å². The number of carbonyl (C=O) groups excluding carboxylic acids is 2. The summed E-state index contributed by atoms with van der Waals surface area (Å²) in [5.74, 6) is 1.39. The van der Waals surface area contributed by atoms with Crippen LogP contribution >= 0.6 is 0 Å². The Balaban J connectivity index is 1.34. The predicted molar refractivity (Wildman–Crippen MR) is 102 cm³/mol. The lowest BCUT2D eigenvalue weighted by atomic mass is 9.90. The SMILES string of the molecule is O=C(Cc1ccc2c(c1)OCCO2)N1CC(=O)N2CCc3ccccc3C2C1. The van der Waals surface area contributed by atoms with E-state index in [0.29, 0.717) is 31.3 Å². The van der Waals surface area contributed by atoms with E-state index in [1.165, 1.54) is 11.1 Å². The average molecular weight is 378 g/mol. The molecule has 6 heteroatoms. The molecular formula is C22H22N2O4. The molecule has 0 N–H and O–H groups in total. The van der Waals surface area contributed by atoms with Crippen molar-refractivity contribution in [1.29, 1.82) is 0 Å². The third-order valence-corrected chi connectivity index (χ3v) is 5.77. The van der Waals surface area contributed by atoms with Crippen LogP contribution in [0.4, 0.5) is 0 Å². The molecule has 0 aliphatic carbocycles. The van der Waals surface area contributed by atoms with E-state index < -0.39 is 0 Å². The molecule has 2 aromatic carbocycles. The van der Waals surface area contributed by atoms with Gasteiger partial charge in [0, 0.05) is 13.1 Å². The maximum atomic E-state index is 13.0. The summed E-state index contributed by atoms with van der Waals surface area (Å²) in [5, 5.41) is 0. The highest BCUT2D eigenvalue weighted by Gasteiger charge is 2.38. The fourth-order valence-corrected chi connectivity index (χ4v) is 4.35. The number of nitrogens with zero attached hydrogens (tertiary/aromatic N) is 2. The molecule has 0 radical (unpaired) electrons. The first-order chi connectivity index (χ1) is 13.7. The summed E-state index contributed by atoms with van der Waals surface area (Å²) in [4.78, 5) is 29.3. The molecule has 1 fully saturated rings. The van der Waals surface area contributed by atoms with E-state index in [2.05, 4.69) is 12.1 Å². The zero-order valence-electron chi connectivity index (χ0n) is 15.6. The van der Waals surface area contributed by atoms with Crippen LogP contribution < -0.4 is 9.47 Å². The lowest BCUT2D eigenvalue weighted by Gasteiger charge is -2.44. The van der Waals surface area contributed by atoms with Gasteiger partial charge in [-0.2, -0.15) is 0 Å². The van der Waals surface area contributed by atoms with Gasteiger partial charge in [-0.05, 0) is 35.2 Å². The largest absolute Gasteiger partial charge is 0.486 e. The highest BCUT2D eigenvalue weighted by Crippen LogP contribution is 2.34. The van der Waals surface area contributed by atoms with Gasteiger partial charge in [-0.15, -0.1) is 0 Å². The average Bonchev–Trinajstić information content (AvgIpc) is 2.73. The van der Waals surface area contributed by atoms with Gasteiger partial charge < -0.3 is 19.3 Å². The molecule has 1 saturated heterocycles. The van der Waals surface area contributed by atoms with Gasteiger partial charge in [-0.25, -0.2) is 0 Å². The number of amides is 2. The molecule has 1 unspecified atom stereocenters. The number of carbonyl (C=O) groups is 2. The summed E-state index contributed by atoms with van der Waals surface area (Å²) >= 11 is 0. The number of rotatable bonds is 2. The van der Waals surface area contributed by atoms with Gasteiger partial charge >= 0.3 is 0 Å². The highest BCUT2D eigenvalue weighted by atomic mass is 16.6. The molecular weight excluding hydrogens is 356 g/mol. The van der Waals surface area contributed by atoms with Crippen molar-refractivity contribution in [2.45, 2.75) is 18.9 Å². The summed E-state index contributed by atoms with van der Waals surface area (Å²) in [7, 11) is 0. The second kappa shape index (κ2) is 6.86. The van der Waals surface area contributed by atoms with Gasteiger partial charge in [-0.3, -0.25) is 9.59 Å². The lowest BCUT2D eigenvalue weighted by molar-refractivity contribution is -0.149. The van der Waals surface area contributed by atoms with Crippen molar-refractivity contribution >= 4 is 11.8 Å². The molecule has 28 heavy (non-hydrogen) atoms. The number of piperazine rings is 1. The smallest absolute Gasteiger partial charge is 0.242 e. The molecule has 1 atom stereocenters. The Kier molecular flexibility index (Phi) is 4.19. The minimum atomic E-state index is -0.0459. The predicted octanol–water partition coefficient (Wildman–Crippen LogP) is 1.97. The maximum absolute atomic E-state index is 13.0. The Morgan fingerprint density at radius 3 is 2.79 bits per heavy atom. The third kappa shape index (κ3) is 2.99. The molecule has 0 bridgehead atoms. The van der Waals surface area contributed by atoms with E-state index in [1.807, 2.05) is 35.2 Å². The third-order valence-electron chi connectivity index (χ3n) is 5.77. The Hall–Kier alpha value is -3.02. The summed E-state index contributed by atoms with van der Waals surface area (Å²) in [5.41, 5.74) is 3.31. The van der Waals surface area contributed by atoms with Gasteiger partial charge in [0.15, 0.2) is 11.5 Å². The first-order valence-electron chi connectivity index (χ1n) is 9.72. The van der Waals surface area contributed by atoms with Gasteiger partial charge in [-0.1, -0.05) is 30.3 Å². The van der Waals surface area contributed by atoms with Gasteiger partial charge in [0.05, 0.1) is 19.0 Å². The van der Waals surface area contributed by atoms with Gasteiger partial charge in [0.1, 0.15) is 13.2 Å². The zero-order valence-corrected chi connectivity index (χ0v) is 15.6. The summed E-state index contributed by atoms with van der Waals surface area (Å²) in [6.45, 7) is 2.49. The molecule has 2 aromatic rings. The zero-order chi connectivity index (χ0) is 19.1. The number of hydrogen-bond acceptors (Lipinski definition) is 4. The second-order valence-electron chi connectivity index (χ2n) is 7.48.